The van der Waals surface area contributed by atoms with Crippen molar-refractivity contribution < 1.29 is 9.18 Å². The number of hydrogen-bond acceptors (Lipinski definition) is 1. The van der Waals surface area contributed by atoms with Crippen LogP contribution in [0.15, 0.2) is 18.2 Å². The molecular weight excluding hydrogens is 285 g/mol. The second kappa shape index (κ2) is 5.17. The monoisotopic (exact) mass is 299 g/mol. The molecule has 0 atom stereocenters. The number of carbonyl (C=O) groups excluding carboxylic acids is 1. The molecule has 17 heavy (non-hydrogen) atoms. The molecule has 0 bridgehead atoms. The molecule has 0 spiro atoms. The molecule has 0 N–H and O–H groups in total. The van der Waals surface area contributed by atoms with Gasteiger partial charge in [0.15, 0.2) is 0 Å². The summed E-state index contributed by atoms with van der Waals surface area (Å²) in [4.78, 5) is 14.4. The lowest BCUT2D eigenvalue weighted by Gasteiger charge is -2.29. The van der Waals surface area contributed by atoms with Gasteiger partial charge >= 0.3 is 0 Å². The van der Waals surface area contributed by atoms with E-state index < -0.39 is 5.82 Å². The van der Waals surface area contributed by atoms with Crippen molar-refractivity contribution in [1.29, 1.82) is 0 Å². The third-order valence-electron chi connectivity index (χ3n) is 3.06. The van der Waals surface area contributed by atoms with Crippen LogP contribution in [-0.4, -0.2) is 28.7 Å². The number of likely N-dealkylation sites (tertiary alicyclic amines) is 1. The molecule has 4 heteroatoms. The summed E-state index contributed by atoms with van der Waals surface area (Å²) in [5, 5.41) is 0. The van der Waals surface area contributed by atoms with E-state index in [9.17, 15) is 9.18 Å². The van der Waals surface area contributed by atoms with Crippen molar-refractivity contribution in [3.63, 3.8) is 0 Å². The van der Waals surface area contributed by atoms with Crippen LogP contribution < -0.4 is 0 Å². The van der Waals surface area contributed by atoms with Gasteiger partial charge in [0.1, 0.15) is 5.82 Å². The quantitative estimate of drug-likeness (QED) is 0.730. The van der Waals surface area contributed by atoms with E-state index in [4.69, 9.17) is 0 Å². The number of amides is 1. The summed E-state index contributed by atoms with van der Waals surface area (Å²) in [5.74, 6) is -0.618. The first-order chi connectivity index (χ1) is 8.08. The molecule has 1 aliphatic rings. The van der Waals surface area contributed by atoms with Crippen molar-refractivity contribution in [1.82, 2.24) is 4.90 Å². The van der Waals surface area contributed by atoms with Crippen molar-refractivity contribution in [3.05, 3.63) is 35.1 Å². The highest BCUT2D eigenvalue weighted by atomic mass is 79.9. The Morgan fingerprint density at radius 3 is 2.71 bits per heavy atom. The first-order valence-corrected chi connectivity index (χ1v) is 6.69. The average Bonchev–Trinajstić information content (AvgIpc) is 2.32. The van der Waals surface area contributed by atoms with Crippen molar-refractivity contribution in [2.45, 2.75) is 24.6 Å². The molecule has 1 aliphatic heterocycles. The van der Waals surface area contributed by atoms with E-state index in [-0.39, 0.29) is 11.5 Å². The van der Waals surface area contributed by atoms with E-state index in [1.807, 2.05) is 6.92 Å². The Balaban J connectivity index is 2.16. The number of carbonyl (C=O) groups is 1. The second-order valence-corrected chi connectivity index (χ2v) is 5.75. The number of benzene rings is 1. The van der Waals surface area contributed by atoms with E-state index in [1.165, 1.54) is 6.07 Å². The molecule has 0 aliphatic carbocycles. The van der Waals surface area contributed by atoms with Gasteiger partial charge in [0.2, 0.25) is 0 Å². The minimum atomic E-state index is -0.429. The van der Waals surface area contributed by atoms with E-state index in [0.29, 0.717) is 17.9 Å². The van der Waals surface area contributed by atoms with Gasteiger partial charge in [-0.05, 0) is 31.9 Å². The van der Waals surface area contributed by atoms with Gasteiger partial charge in [0.05, 0.1) is 5.56 Å². The van der Waals surface area contributed by atoms with Crippen LogP contribution in [0.5, 0.6) is 0 Å². The van der Waals surface area contributed by atoms with E-state index in [1.54, 1.807) is 17.0 Å². The van der Waals surface area contributed by atoms with Crippen molar-refractivity contribution in [3.8, 4) is 0 Å². The van der Waals surface area contributed by atoms with Crippen LogP contribution in [0.25, 0.3) is 0 Å². The number of aryl methyl sites for hydroxylation is 1. The first kappa shape index (κ1) is 12.6. The van der Waals surface area contributed by atoms with E-state index in [2.05, 4.69) is 15.9 Å². The fourth-order valence-corrected chi connectivity index (χ4v) is 2.43. The van der Waals surface area contributed by atoms with Gasteiger partial charge in [0.25, 0.3) is 5.91 Å². The van der Waals surface area contributed by atoms with Crippen LogP contribution in [0.2, 0.25) is 0 Å². The maximum absolute atomic E-state index is 13.6. The zero-order valence-corrected chi connectivity index (χ0v) is 11.3. The average molecular weight is 300 g/mol. The van der Waals surface area contributed by atoms with Crippen LogP contribution in [0, 0.1) is 12.7 Å². The Labute approximate surface area is 109 Å². The van der Waals surface area contributed by atoms with Gasteiger partial charge < -0.3 is 4.90 Å². The summed E-state index contributed by atoms with van der Waals surface area (Å²) < 4.78 is 13.6. The highest BCUT2D eigenvalue weighted by Crippen LogP contribution is 2.20. The summed E-state index contributed by atoms with van der Waals surface area (Å²) in [7, 11) is 0. The first-order valence-electron chi connectivity index (χ1n) is 5.77. The van der Waals surface area contributed by atoms with Crippen LogP contribution in [0.1, 0.15) is 28.8 Å². The van der Waals surface area contributed by atoms with Gasteiger partial charge in [-0.15, -0.1) is 0 Å². The molecule has 0 radical (unpaired) electrons. The third-order valence-corrected chi connectivity index (χ3v) is 3.98. The zero-order valence-electron chi connectivity index (χ0n) is 9.75. The molecule has 92 valence electrons. The largest absolute Gasteiger partial charge is 0.338 e. The number of halogens is 2. The van der Waals surface area contributed by atoms with Crippen LogP contribution >= 0.6 is 15.9 Å². The molecule has 1 aromatic carbocycles. The standard InChI is InChI=1S/C13H15BrFNO/c1-9-2-3-12(15)11(8-9)13(17)16-6-4-10(14)5-7-16/h2-3,8,10H,4-7H2,1H3. The lowest BCUT2D eigenvalue weighted by Crippen LogP contribution is -2.39. The maximum atomic E-state index is 13.6. The van der Waals surface area contributed by atoms with Crippen LogP contribution in [-0.2, 0) is 0 Å². The van der Waals surface area contributed by atoms with Crippen LogP contribution in [0.3, 0.4) is 0 Å². The fraction of sp³-hybridized carbons (Fsp3) is 0.462. The summed E-state index contributed by atoms with van der Waals surface area (Å²) in [6, 6.07) is 4.66. The number of nitrogens with zero attached hydrogens (tertiary/aromatic N) is 1. The molecule has 2 rings (SSSR count). The number of rotatable bonds is 1. The fourth-order valence-electron chi connectivity index (χ4n) is 2.02. The summed E-state index contributed by atoms with van der Waals surface area (Å²) in [6.45, 7) is 3.26. The summed E-state index contributed by atoms with van der Waals surface area (Å²) in [5.41, 5.74) is 1.10. The van der Waals surface area contributed by atoms with E-state index >= 15 is 0 Å². The molecule has 1 heterocycles. The molecule has 0 aromatic heterocycles. The smallest absolute Gasteiger partial charge is 0.256 e. The molecule has 1 amide bonds. The minimum Gasteiger partial charge on any atom is -0.338 e. The summed E-state index contributed by atoms with van der Waals surface area (Å²) in [6.07, 6.45) is 1.86. The zero-order chi connectivity index (χ0) is 12.4. The SMILES string of the molecule is Cc1ccc(F)c(C(=O)N2CCC(Br)CC2)c1. The molecule has 2 nitrogen and oxygen atoms in total. The van der Waals surface area contributed by atoms with Gasteiger partial charge in [-0.1, -0.05) is 27.6 Å². The third kappa shape index (κ3) is 2.86. The Hall–Kier alpha value is -0.900. The van der Waals surface area contributed by atoms with Crippen molar-refractivity contribution in [2.24, 2.45) is 0 Å². The van der Waals surface area contributed by atoms with Crippen molar-refractivity contribution >= 4 is 21.8 Å². The molecule has 1 fully saturated rings. The minimum absolute atomic E-state index is 0.189. The Morgan fingerprint density at radius 2 is 2.06 bits per heavy atom. The lowest BCUT2D eigenvalue weighted by molar-refractivity contribution is 0.0723. The normalized spacial score (nSPS) is 17.2. The summed E-state index contributed by atoms with van der Waals surface area (Å²) >= 11 is 3.54. The second-order valence-electron chi connectivity index (χ2n) is 4.45. The Morgan fingerprint density at radius 1 is 1.41 bits per heavy atom. The van der Waals surface area contributed by atoms with Gasteiger partial charge in [-0.25, -0.2) is 4.39 Å². The van der Waals surface area contributed by atoms with E-state index in [0.717, 1.165) is 18.4 Å². The maximum Gasteiger partial charge on any atom is 0.256 e. The lowest BCUT2D eigenvalue weighted by atomic mass is 10.1. The highest BCUT2D eigenvalue weighted by molar-refractivity contribution is 9.09. The predicted octanol–water partition coefficient (Wildman–Crippen LogP) is 3.13. The van der Waals surface area contributed by atoms with Crippen molar-refractivity contribution in [2.75, 3.05) is 13.1 Å². The topological polar surface area (TPSA) is 20.3 Å². The van der Waals surface area contributed by atoms with Crippen LogP contribution in [0.4, 0.5) is 4.39 Å². The Bertz CT molecular complexity index is 427. The molecule has 0 saturated carbocycles. The molecule has 0 unspecified atom stereocenters. The Kier molecular flexibility index (Phi) is 3.82. The number of alkyl halides is 1. The highest BCUT2D eigenvalue weighted by Gasteiger charge is 2.23. The molecule has 1 aromatic rings. The molecule has 1 saturated heterocycles. The molecular formula is C13H15BrFNO. The van der Waals surface area contributed by atoms with Gasteiger partial charge in [0, 0.05) is 17.9 Å². The van der Waals surface area contributed by atoms with Gasteiger partial charge in [-0.2, -0.15) is 0 Å². The number of piperidine rings is 1. The predicted molar refractivity (Wildman–Crippen MR) is 69.0 cm³/mol. The number of hydrogen-bond donors (Lipinski definition) is 0. The van der Waals surface area contributed by atoms with Gasteiger partial charge in [-0.3, -0.25) is 4.79 Å².